The third-order valence-corrected chi connectivity index (χ3v) is 5.30. The molecule has 0 unspecified atom stereocenters. The van der Waals surface area contributed by atoms with Crippen molar-refractivity contribution in [2.45, 2.75) is 31.7 Å². The molecule has 0 aliphatic heterocycles. The van der Waals surface area contributed by atoms with Gasteiger partial charge < -0.3 is 0 Å². The SMILES string of the molecule is Cc1ccc(C)c2c1cc(C)c1nnc(SCc3cccnc3)n12. The zero-order valence-electron chi connectivity index (χ0n) is 13.9. The van der Waals surface area contributed by atoms with Crippen molar-refractivity contribution in [2.24, 2.45) is 0 Å². The van der Waals surface area contributed by atoms with E-state index in [1.54, 1.807) is 18.0 Å². The molecule has 0 bridgehead atoms. The molecule has 4 nitrogen and oxygen atoms in total. The molecule has 4 rings (SSSR count). The van der Waals surface area contributed by atoms with Crippen LogP contribution in [0.2, 0.25) is 0 Å². The van der Waals surface area contributed by atoms with Crippen molar-refractivity contribution in [3.05, 3.63) is 65.0 Å². The molecule has 0 fully saturated rings. The van der Waals surface area contributed by atoms with E-state index in [9.17, 15) is 0 Å². The second-order valence-electron chi connectivity index (χ2n) is 6.08. The highest BCUT2D eigenvalue weighted by Gasteiger charge is 2.14. The van der Waals surface area contributed by atoms with Gasteiger partial charge in [-0.05, 0) is 55.2 Å². The summed E-state index contributed by atoms with van der Waals surface area (Å²) >= 11 is 1.70. The monoisotopic (exact) mass is 334 g/mol. The molecule has 120 valence electrons. The molecule has 3 heterocycles. The lowest BCUT2D eigenvalue weighted by Crippen LogP contribution is -1.97. The van der Waals surface area contributed by atoms with Crippen LogP contribution in [-0.2, 0) is 5.75 Å². The summed E-state index contributed by atoms with van der Waals surface area (Å²) in [5.41, 5.74) is 6.99. The van der Waals surface area contributed by atoms with Gasteiger partial charge in [0.25, 0.3) is 0 Å². The highest BCUT2D eigenvalue weighted by molar-refractivity contribution is 7.98. The average molecular weight is 334 g/mol. The van der Waals surface area contributed by atoms with E-state index in [1.807, 2.05) is 12.3 Å². The van der Waals surface area contributed by atoms with Crippen molar-refractivity contribution in [3.63, 3.8) is 0 Å². The highest BCUT2D eigenvalue weighted by atomic mass is 32.2. The van der Waals surface area contributed by atoms with Crippen LogP contribution in [-0.4, -0.2) is 19.6 Å². The minimum atomic E-state index is 0.828. The summed E-state index contributed by atoms with van der Waals surface area (Å²) in [5, 5.41) is 11.1. The van der Waals surface area contributed by atoms with Crippen LogP contribution in [0.3, 0.4) is 0 Å². The third kappa shape index (κ3) is 2.45. The first-order valence-electron chi connectivity index (χ1n) is 7.91. The number of thioether (sulfide) groups is 1. The lowest BCUT2D eigenvalue weighted by atomic mass is 10.0. The van der Waals surface area contributed by atoms with Gasteiger partial charge in [0, 0.05) is 23.5 Å². The second kappa shape index (κ2) is 5.91. The second-order valence-corrected chi connectivity index (χ2v) is 7.02. The molecule has 24 heavy (non-hydrogen) atoms. The van der Waals surface area contributed by atoms with Gasteiger partial charge in [0.2, 0.25) is 0 Å². The molecule has 0 spiro atoms. The fourth-order valence-corrected chi connectivity index (χ4v) is 3.90. The van der Waals surface area contributed by atoms with Gasteiger partial charge in [-0.25, -0.2) is 0 Å². The first-order chi connectivity index (χ1) is 11.6. The molecule has 3 aromatic heterocycles. The molecule has 0 atom stereocenters. The number of hydrogen-bond acceptors (Lipinski definition) is 4. The fourth-order valence-electron chi connectivity index (χ4n) is 3.03. The maximum Gasteiger partial charge on any atom is 0.196 e. The largest absolute Gasteiger partial charge is 0.269 e. The Morgan fingerprint density at radius 3 is 2.62 bits per heavy atom. The normalized spacial score (nSPS) is 11.5. The highest BCUT2D eigenvalue weighted by Crippen LogP contribution is 2.30. The van der Waals surface area contributed by atoms with E-state index in [2.05, 4.69) is 64.6 Å². The first-order valence-corrected chi connectivity index (χ1v) is 8.90. The molecule has 0 saturated carbocycles. The summed E-state index contributed by atoms with van der Waals surface area (Å²) in [7, 11) is 0. The van der Waals surface area contributed by atoms with Gasteiger partial charge in [0.15, 0.2) is 10.8 Å². The number of pyridine rings is 2. The summed E-state index contributed by atoms with van der Waals surface area (Å²) in [6.45, 7) is 6.40. The molecule has 1 aromatic carbocycles. The Kier molecular flexibility index (Phi) is 3.73. The Morgan fingerprint density at radius 1 is 1.00 bits per heavy atom. The van der Waals surface area contributed by atoms with Gasteiger partial charge in [-0.3, -0.25) is 9.38 Å². The van der Waals surface area contributed by atoms with Gasteiger partial charge >= 0.3 is 0 Å². The van der Waals surface area contributed by atoms with Gasteiger partial charge in [0.05, 0.1) is 5.52 Å². The van der Waals surface area contributed by atoms with Crippen molar-refractivity contribution < 1.29 is 0 Å². The smallest absolute Gasteiger partial charge is 0.196 e. The number of aromatic nitrogens is 4. The van der Waals surface area contributed by atoms with Crippen LogP contribution in [0.4, 0.5) is 0 Å². The van der Waals surface area contributed by atoms with Crippen LogP contribution in [0, 0.1) is 20.8 Å². The van der Waals surface area contributed by atoms with Crippen LogP contribution in [0.25, 0.3) is 16.6 Å². The van der Waals surface area contributed by atoms with E-state index in [4.69, 9.17) is 0 Å². The summed E-state index contributed by atoms with van der Waals surface area (Å²) in [6, 6.07) is 10.6. The van der Waals surface area contributed by atoms with Gasteiger partial charge in [-0.15, -0.1) is 10.2 Å². The first kappa shape index (κ1) is 15.1. The molecule has 0 aliphatic carbocycles. The number of benzene rings is 1. The Labute approximate surface area is 144 Å². The molecule has 0 saturated heterocycles. The summed E-state index contributed by atoms with van der Waals surface area (Å²) in [6.07, 6.45) is 3.69. The van der Waals surface area contributed by atoms with Crippen molar-refractivity contribution in [1.29, 1.82) is 0 Å². The zero-order chi connectivity index (χ0) is 16.7. The van der Waals surface area contributed by atoms with Crippen molar-refractivity contribution in [2.75, 3.05) is 0 Å². The predicted octanol–water partition coefficient (Wildman–Crippen LogP) is 4.50. The number of nitrogens with zero attached hydrogens (tertiary/aromatic N) is 4. The van der Waals surface area contributed by atoms with Crippen LogP contribution in [0.15, 0.2) is 47.9 Å². The van der Waals surface area contributed by atoms with Crippen molar-refractivity contribution >= 4 is 28.3 Å². The molecular formula is C19H18N4S. The molecular weight excluding hydrogens is 316 g/mol. The summed E-state index contributed by atoms with van der Waals surface area (Å²) in [4.78, 5) is 4.18. The third-order valence-electron chi connectivity index (χ3n) is 4.30. The van der Waals surface area contributed by atoms with Gasteiger partial charge in [0.1, 0.15) is 0 Å². The van der Waals surface area contributed by atoms with Gasteiger partial charge in [-0.1, -0.05) is 30.0 Å². The Bertz CT molecular complexity index is 1040. The van der Waals surface area contributed by atoms with Crippen LogP contribution in [0.5, 0.6) is 0 Å². The predicted molar refractivity (Wildman–Crippen MR) is 98.5 cm³/mol. The van der Waals surface area contributed by atoms with E-state index in [1.165, 1.54) is 27.6 Å². The Hall–Kier alpha value is -2.40. The number of aryl methyl sites for hydroxylation is 3. The average Bonchev–Trinajstić information content (AvgIpc) is 3.02. The maximum atomic E-state index is 4.45. The van der Waals surface area contributed by atoms with E-state index < -0.39 is 0 Å². The molecule has 5 heteroatoms. The number of hydrogen-bond donors (Lipinski definition) is 0. The Morgan fingerprint density at radius 2 is 1.83 bits per heavy atom. The van der Waals surface area contributed by atoms with E-state index in [0.717, 1.165) is 22.1 Å². The molecule has 0 N–H and O–H groups in total. The standard InChI is InChI=1S/C19H18N4S/c1-12-6-7-13(2)17-16(12)9-14(3)18-21-22-19(23(17)18)24-11-15-5-4-8-20-10-15/h4-10H,11H2,1-3H3. The summed E-state index contributed by atoms with van der Waals surface area (Å²) < 4.78 is 2.20. The fraction of sp³-hybridized carbons (Fsp3) is 0.211. The van der Waals surface area contributed by atoms with E-state index >= 15 is 0 Å². The van der Waals surface area contributed by atoms with Crippen molar-refractivity contribution in [1.82, 2.24) is 19.6 Å². The zero-order valence-corrected chi connectivity index (χ0v) is 14.8. The molecule has 4 aromatic rings. The topological polar surface area (TPSA) is 43.1 Å². The van der Waals surface area contributed by atoms with Crippen LogP contribution >= 0.6 is 11.8 Å². The number of fused-ring (bicyclic) bond motifs is 3. The van der Waals surface area contributed by atoms with Crippen LogP contribution in [0.1, 0.15) is 22.3 Å². The Balaban J connectivity index is 1.89. The van der Waals surface area contributed by atoms with E-state index in [0.29, 0.717) is 0 Å². The maximum absolute atomic E-state index is 4.45. The summed E-state index contributed by atoms with van der Waals surface area (Å²) in [5.74, 6) is 0.828. The minimum Gasteiger partial charge on any atom is -0.269 e. The number of rotatable bonds is 3. The van der Waals surface area contributed by atoms with E-state index in [-0.39, 0.29) is 0 Å². The minimum absolute atomic E-state index is 0.828. The quantitative estimate of drug-likeness (QED) is 0.518. The molecule has 0 aliphatic rings. The van der Waals surface area contributed by atoms with Crippen molar-refractivity contribution in [3.8, 4) is 0 Å². The lowest BCUT2D eigenvalue weighted by Gasteiger charge is -2.11. The molecule has 0 radical (unpaired) electrons. The van der Waals surface area contributed by atoms with Gasteiger partial charge in [-0.2, -0.15) is 0 Å². The molecule has 0 amide bonds. The lowest BCUT2D eigenvalue weighted by molar-refractivity contribution is 0.937. The van der Waals surface area contributed by atoms with Crippen LogP contribution < -0.4 is 0 Å².